The molecule has 0 aromatic rings. The fraction of sp³-hybridized carbons (Fsp3) is 1.00. The first kappa shape index (κ1) is 42.1. The van der Waals surface area contributed by atoms with Gasteiger partial charge in [0.25, 0.3) is 5.97 Å². The first-order valence-corrected chi connectivity index (χ1v) is 20.5. The van der Waals surface area contributed by atoms with Crippen molar-refractivity contribution in [2.75, 3.05) is 20.2 Å². The number of aliphatic hydroxyl groups is 4. The van der Waals surface area contributed by atoms with E-state index in [0.717, 1.165) is 25.9 Å². The zero-order valence-electron chi connectivity index (χ0n) is 34.1. The molecule has 13 heteroatoms. The van der Waals surface area contributed by atoms with Gasteiger partial charge < -0.3 is 58.3 Å². The van der Waals surface area contributed by atoms with Crippen LogP contribution in [0, 0.1) is 23.7 Å². The van der Waals surface area contributed by atoms with Gasteiger partial charge in [0.2, 0.25) is 0 Å². The Morgan fingerprint density at radius 1 is 0.830 bits per heavy atom. The molecule has 0 aromatic heterocycles. The molecule has 6 aliphatic heterocycles. The van der Waals surface area contributed by atoms with Crippen molar-refractivity contribution in [3.05, 3.63) is 0 Å². The van der Waals surface area contributed by atoms with Crippen LogP contribution in [0.1, 0.15) is 114 Å². The van der Waals surface area contributed by atoms with Gasteiger partial charge in [0.15, 0.2) is 12.6 Å². The fourth-order valence-corrected chi connectivity index (χ4v) is 11.0. The summed E-state index contributed by atoms with van der Waals surface area (Å²) in [4.78, 5) is 2.38. The van der Waals surface area contributed by atoms with E-state index >= 15 is 0 Å². The second-order valence-corrected chi connectivity index (χ2v) is 18.3. The van der Waals surface area contributed by atoms with Gasteiger partial charge in [-0.1, -0.05) is 41.0 Å². The molecule has 0 spiro atoms. The van der Waals surface area contributed by atoms with Gasteiger partial charge in [0, 0.05) is 31.4 Å². The Morgan fingerprint density at radius 3 is 2.15 bits per heavy atom. The number of fused-ring (bicyclic) bond motifs is 4. The average molecular weight is 758 g/mol. The molecule has 6 heterocycles. The normalized spacial score (nSPS) is 55.8. The Balaban J connectivity index is 1.42. The van der Waals surface area contributed by atoms with Crippen molar-refractivity contribution in [1.82, 2.24) is 4.90 Å². The smallest absolute Gasteiger partial charge is 0.286 e. The number of nitrogens with zero attached hydrogens (tertiary/aromatic N) is 1. The number of methoxy groups -OCH3 is 1. The van der Waals surface area contributed by atoms with Crippen LogP contribution in [0.5, 0.6) is 0 Å². The molecule has 6 unspecified atom stereocenters. The molecule has 6 saturated heterocycles. The van der Waals surface area contributed by atoms with Gasteiger partial charge in [-0.25, -0.2) is 0 Å². The molecule has 0 radical (unpaired) electrons. The molecule has 0 aliphatic carbocycles. The summed E-state index contributed by atoms with van der Waals surface area (Å²) in [5.41, 5.74) is -3.28. The average Bonchev–Trinajstić information content (AvgIpc) is 3.43. The number of hydrogen-bond acceptors (Lipinski definition) is 13. The highest BCUT2D eigenvalue weighted by molar-refractivity contribution is 5.07. The Morgan fingerprint density at radius 2 is 1.51 bits per heavy atom. The molecule has 308 valence electrons. The van der Waals surface area contributed by atoms with Gasteiger partial charge >= 0.3 is 0 Å². The van der Waals surface area contributed by atoms with Crippen molar-refractivity contribution in [3.8, 4) is 0 Å². The number of rotatable bonds is 7. The largest absolute Gasteiger partial charge is 0.387 e. The van der Waals surface area contributed by atoms with Crippen LogP contribution in [0.2, 0.25) is 0 Å². The third-order valence-electron chi connectivity index (χ3n) is 14.1. The maximum atomic E-state index is 12.6. The highest BCUT2D eigenvalue weighted by atomic mass is 16.8. The van der Waals surface area contributed by atoms with Gasteiger partial charge in [-0.15, -0.1) is 0 Å². The monoisotopic (exact) mass is 757 g/mol. The zero-order valence-corrected chi connectivity index (χ0v) is 34.1. The second kappa shape index (κ2) is 15.7. The van der Waals surface area contributed by atoms with Crippen LogP contribution in [0.3, 0.4) is 0 Å². The van der Waals surface area contributed by atoms with Gasteiger partial charge in [-0.3, -0.25) is 4.90 Å². The third kappa shape index (κ3) is 7.76. The molecule has 6 rings (SSSR count). The van der Waals surface area contributed by atoms with Gasteiger partial charge in [0.05, 0.1) is 59.8 Å². The van der Waals surface area contributed by atoms with Gasteiger partial charge in [0.1, 0.15) is 17.8 Å². The van der Waals surface area contributed by atoms with E-state index in [1.807, 2.05) is 41.5 Å². The van der Waals surface area contributed by atoms with E-state index in [1.165, 1.54) is 6.42 Å². The van der Waals surface area contributed by atoms with Crippen LogP contribution in [-0.4, -0.2) is 142 Å². The van der Waals surface area contributed by atoms with E-state index in [-0.39, 0.29) is 36.5 Å². The van der Waals surface area contributed by atoms with Crippen LogP contribution < -0.4 is 0 Å². The SMILES string of the molecule is CC[C@H]1O[C@]2(O)O[C@H]([C@@H](C)C3O[C@@](C)(C[C@@H]3C)[C@H](O[C@@H]3OC(C)CC(N4CCCCC4)C3O)[C@@H](C)[C@H](O[C@H]3CC(C)(OC)[C@@H](O)C(C)O3)[C@H]2C)[C@]1(C)O. The van der Waals surface area contributed by atoms with Crippen LogP contribution in [0.15, 0.2) is 0 Å². The Hall–Kier alpha value is -0.520. The Labute approximate surface area is 317 Å². The van der Waals surface area contributed by atoms with Crippen molar-refractivity contribution in [3.63, 3.8) is 0 Å². The molecule has 0 aromatic carbocycles. The highest BCUT2D eigenvalue weighted by Crippen LogP contribution is 2.52. The summed E-state index contributed by atoms with van der Waals surface area (Å²) in [5, 5.41) is 47.6. The minimum absolute atomic E-state index is 0.0311. The molecule has 0 saturated carbocycles. The maximum Gasteiger partial charge on any atom is 0.286 e. The van der Waals surface area contributed by atoms with Crippen LogP contribution in [0.4, 0.5) is 0 Å². The molecule has 53 heavy (non-hydrogen) atoms. The predicted octanol–water partition coefficient (Wildman–Crippen LogP) is 3.70. The number of ether oxygens (including phenoxy) is 8. The van der Waals surface area contributed by atoms with Crippen LogP contribution >= 0.6 is 0 Å². The fourth-order valence-electron chi connectivity index (χ4n) is 11.0. The lowest BCUT2D eigenvalue weighted by Gasteiger charge is -2.55. The lowest BCUT2D eigenvalue weighted by atomic mass is 9.74. The lowest BCUT2D eigenvalue weighted by molar-refractivity contribution is -0.481. The van der Waals surface area contributed by atoms with Crippen molar-refractivity contribution in [2.45, 2.75) is 211 Å². The predicted molar refractivity (Wildman–Crippen MR) is 194 cm³/mol. The third-order valence-corrected chi connectivity index (χ3v) is 14.1. The number of piperidine rings is 1. The molecular formula is C40H71NO12. The van der Waals surface area contributed by atoms with Crippen molar-refractivity contribution < 1.29 is 58.3 Å². The number of aliphatic hydroxyl groups excluding tert-OH is 2. The molecular weight excluding hydrogens is 686 g/mol. The van der Waals surface area contributed by atoms with Crippen molar-refractivity contribution >= 4 is 0 Å². The number of likely N-dealkylation sites (tertiary alicyclic amines) is 1. The summed E-state index contributed by atoms with van der Waals surface area (Å²) in [6.45, 7) is 21.2. The topological polar surface area (TPSA) is 158 Å². The van der Waals surface area contributed by atoms with Crippen molar-refractivity contribution in [1.29, 1.82) is 0 Å². The first-order valence-electron chi connectivity index (χ1n) is 20.5. The minimum Gasteiger partial charge on any atom is -0.387 e. The van der Waals surface area contributed by atoms with Gasteiger partial charge in [-0.2, -0.15) is 0 Å². The highest BCUT2D eigenvalue weighted by Gasteiger charge is 2.64. The number of hydrogen-bond donors (Lipinski definition) is 4. The Bertz CT molecular complexity index is 1240. The standard InChI is InChI=1S/C40H71NO12/c1-12-28-39(10,44)35-23(4)31-21(2)19-38(9,52-31)34(50-36-30(42)27(18-22(3)47-36)41-16-14-13-15-17-41)24(5)32(25(6)40(45,51-28)53-35)49-29-20-37(8,46-11)33(43)26(7)48-29/h21-36,42-45H,12-20H2,1-11H3/t21-,22?,23-,24-,25+,26?,27?,28+,29-,30?,31?,32-,33-,34+,35+,36-,37?,38-,39+,40-/m0/s1. The summed E-state index contributed by atoms with van der Waals surface area (Å²) in [6.07, 6.45) is -2.44. The van der Waals surface area contributed by atoms with E-state index in [1.54, 1.807) is 21.0 Å². The van der Waals surface area contributed by atoms with E-state index in [4.69, 9.17) is 37.9 Å². The van der Waals surface area contributed by atoms with Crippen molar-refractivity contribution in [2.24, 2.45) is 23.7 Å². The maximum absolute atomic E-state index is 12.6. The summed E-state index contributed by atoms with van der Waals surface area (Å²) < 4.78 is 52.8. The second-order valence-electron chi connectivity index (χ2n) is 18.3. The lowest BCUT2D eigenvalue weighted by Crippen LogP contribution is -2.69. The van der Waals surface area contributed by atoms with Crippen LogP contribution in [-0.2, 0) is 37.9 Å². The molecule has 4 N–H and O–H groups in total. The van der Waals surface area contributed by atoms with Crippen LogP contribution in [0.25, 0.3) is 0 Å². The van der Waals surface area contributed by atoms with Gasteiger partial charge in [-0.05, 0) is 85.7 Å². The molecule has 6 aliphatic rings. The molecule has 4 bridgehead atoms. The molecule has 6 fully saturated rings. The zero-order chi connectivity index (χ0) is 38.8. The Kier molecular flexibility index (Phi) is 12.5. The molecule has 20 atom stereocenters. The summed E-state index contributed by atoms with van der Waals surface area (Å²) in [6, 6.07) is -0.109. The molecule has 0 amide bonds. The summed E-state index contributed by atoms with van der Waals surface area (Å²) in [5.74, 6) is -3.86. The summed E-state index contributed by atoms with van der Waals surface area (Å²) >= 11 is 0. The van der Waals surface area contributed by atoms with E-state index in [9.17, 15) is 20.4 Å². The minimum atomic E-state index is -2.17. The first-order chi connectivity index (χ1) is 24.8. The van der Waals surface area contributed by atoms with E-state index < -0.39 is 89.9 Å². The quantitative estimate of drug-likeness (QED) is 0.298. The molecule has 13 nitrogen and oxygen atoms in total. The summed E-state index contributed by atoms with van der Waals surface area (Å²) in [7, 11) is 1.56. The van der Waals surface area contributed by atoms with E-state index in [0.29, 0.717) is 19.3 Å². The van der Waals surface area contributed by atoms with E-state index in [2.05, 4.69) is 18.7 Å².